The van der Waals surface area contributed by atoms with E-state index in [4.69, 9.17) is 5.73 Å². The highest BCUT2D eigenvalue weighted by Gasteiger charge is 2.37. The molecule has 0 aliphatic carbocycles. The molecule has 0 saturated carbocycles. The molecule has 2 unspecified atom stereocenters. The molecule has 1 saturated heterocycles. The molecule has 1 aliphatic heterocycles. The molecule has 2 atom stereocenters. The minimum absolute atomic E-state index is 0.0613. The van der Waals surface area contributed by atoms with Crippen molar-refractivity contribution in [3.05, 3.63) is 35.6 Å². The summed E-state index contributed by atoms with van der Waals surface area (Å²) in [6, 6.07) is 5.03. The van der Waals surface area contributed by atoms with Gasteiger partial charge in [-0.1, -0.05) is 39.3 Å². The summed E-state index contributed by atoms with van der Waals surface area (Å²) in [5, 5.41) is 5.51. The van der Waals surface area contributed by atoms with Gasteiger partial charge in [-0.2, -0.15) is 0 Å². The lowest BCUT2D eigenvalue weighted by Gasteiger charge is -2.43. The van der Waals surface area contributed by atoms with Crippen LogP contribution in [0.1, 0.15) is 45.6 Å². The molecule has 0 aromatic heterocycles. The van der Waals surface area contributed by atoms with E-state index in [0.717, 1.165) is 18.4 Å². The monoisotopic (exact) mass is 378 g/mol. The van der Waals surface area contributed by atoms with Crippen molar-refractivity contribution in [3.63, 3.8) is 0 Å². The molecule has 6 nitrogen and oxygen atoms in total. The quantitative estimate of drug-likeness (QED) is 0.710. The number of nitrogens with two attached hydrogens (primary N) is 1. The van der Waals surface area contributed by atoms with Gasteiger partial charge in [0.25, 0.3) is 0 Å². The molecule has 1 aromatic carbocycles. The summed E-state index contributed by atoms with van der Waals surface area (Å²) in [6.45, 7) is 7.58. The molecular weight excluding hydrogens is 347 g/mol. The molecule has 1 aliphatic rings. The van der Waals surface area contributed by atoms with E-state index < -0.39 is 12.1 Å². The zero-order valence-electron chi connectivity index (χ0n) is 16.4. The van der Waals surface area contributed by atoms with E-state index in [9.17, 15) is 14.0 Å². The second kappa shape index (κ2) is 9.17. The van der Waals surface area contributed by atoms with Crippen LogP contribution in [-0.4, -0.2) is 42.0 Å². The van der Waals surface area contributed by atoms with E-state index in [0.29, 0.717) is 19.5 Å². The van der Waals surface area contributed by atoms with Gasteiger partial charge >= 0.3 is 6.03 Å². The first-order chi connectivity index (χ1) is 12.7. The van der Waals surface area contributed by atoms with Gasteiger partial charge in [-0.25, -0.2) is 9.18 Å². The van der Waals surface area contributed by atoms with E-state index in [1.165, 1.54) is 12.1 Å². The molecular formula is C20H31FN4O2. The molecule has 4 N–H and O–H groups in total. The van der Waals surface area contributed by atoms with Crippen molar-refractivity contribution in [1.29, 1.82) is 0 Å². The van der Waals surface area contributed by atoms with Gasteiger partial charge in [0.1, 0.15) is 11.9 Å². The van der Waals surface area contributed by atoms with Crippen LogP contribution in [0.3, 0.4) is 0 Å². The van der Waals surface area contributed by atoms with Crippen LogP contribution in [0.15, 0.2) is 24.3 Å². The summed E-state index contributed by atoms with van der Waals surface area (Å²) in [7, 11) is 0. The Morgan fingerprint density at radius 2 is 2.00 bits per heavy atom. The minimum Gasteiger partial charge on any atom is -0.340 e. The number of carbonyl (C=O) groups excluding carboxylic acids is 2. The van der Waals surface area contributed by atoms with Crippen LogP contribution < -0.4 is 16.4 Å². The number of amides is 3. The second-order valence-corrected chi connectivity index (χ2v) is 7.94. The van der Waals surface area contributed by atoms with Crippen LogP contribution in [0, 0.1) is 11.2 Å². The molecule has 1 fully saturated rings. The lowest BCUT2D eigenvalue weighted by molar-refractivity contribution is -0.136. The van der Waals surface area contributed by atoms with Crippen molar-refractivity contribution < 1.29 is 14.0 Å². The molecule has 0 spiro atoms. The van der Waals surface area contributed by atoms with E-state index in [1.54, 1.807) is 12.1 Å². The minimum atomic E-state index is -0.562. The summed E-state index contributed by atoms with van der Waals surface area (Å²) in [6.07, 6.45) is 2.12. The van der Waals surface area contributed by atoms with Gasteiger partial charge in [0.15, 0.2) is 0 Å². The zero-order valence-corrected chi connectivity index (χ0v) is 16.4. The maximum Gasteiger partial charge on any atom is 0.315 e. The first-order valence-electron chi connectivity index (χ1n) is 9.56. The molecule has 27 heavy (non-hydrogen) atoms. The predicted octanol–water partition coefficient (Wildman–Crippen LogP) is 2.38. The van der Waals surface area contributed by atoms with E-state index in [2.05, 4.69) is 24.5 Å². The fourth-order valence-electron chi connectivity index (χ4n) is 3.32. The molecule has 0 radical (unpaired) electrons. The third-order valence-electron chi connectivity index (χ3n) is 5.17. The van der Waals surface area contributed by atoms with Crippen LogP contribution in [0.2, 0.25) is 0 Å². The Balaban J connectivity index is 1.92. The van der Waals surface area contributed by atoms with Gasteiger partial charge in [-0.05, 0) is 36.0 Å². The summed E-state index contributed by atoms with van der Waals surface area (Å²) in [4.78, 5) is 27.0. The Kier molecular flexibility index (Phi) is 7.18. The Morgan fingerprint density at radius 1 is 1.33 bits per heavy atom. The van der Waals surface area contributed by atoms with Crippen molar-refractivity contribution in [2.75, 3.05) is 13.1 Å². The number of rotatable bonds is 6. The van der Waals surface area contributed by atoms with Crippen molar-refractivity contribution in [1.82, 2.24) is 15.5 Å². The smallest absolute Gasteiger partial charge is 0.315 e. The van der Waals surface area contributed by atoms with E-state index >= 15 is 0 Å². The number of nitrogens with zero attached hydrogens (tertiary/aromatic N) is 1. The normalized spacial score (nSPS) is 20.0. The zero-order chi connectivity index (χ0) is 20.0. The Bertz CT molecular complexity index is 648. The number of urea groups is 1. The standard InChI is InChI=1S/C20H31FN4O2/c1-4-5-16(18(26)25-11-10-17(22)20(2,3)13-25)24-19(27)23-12-14-6-8-15(21)9-7-14/h6-9,16-17H,4-5,10-13,22H2,1-3H3,(H2,23,24,27). The van der Waals surface area contributed by atoms with Crippen LogP contribution in [-0.2, 0) is 11.3 Å². The molecule has 7 heteroatoms. The number of halogens is 1. The third kappa shape index (κ3) is 5.92. The number of likely N-dealkylation sites (tertiary alicyclic amines) is 1. The predicted molar refractivity (Wildman–Crippen MR) is 103 cm³/mol. The highest BCUT2D eigenvalue weighted by atomic mass is 19.1. The number of piperidine rings is 1. The Labute approximate surface area is 160 Å². The van der Waals surface area contributed by atoms with Crippen LogP contribution >= 0.6 is 0 Å². The number of nitrogens with one attached hydrogen (secondary N) is 2. The number of hydrogen-bond donors (Lipinski definition) is 3. The topological polar surface area (TPSA) is 87.5 Å². The van der Waals surface area contributed by atoms with Crippen molar-refractivity contribution in [3.8, 4) is 0 Å². The molecule has 1 aromatic rings. The number of carbonyl (C=O) groups is 2. The summed E-state index contributed by atoms with van der Waals surface area (Å²) >= 11 is 0. The second-order valence-electron chi connectivity index (χ2n) is 7.94. The summed E-state index contributed by atoms with van der Waals surface area (Å²) in [5.41, 5.74) is 6.80. The first-order valence-corrected chi connectivity index (χ1v) is 9.56. The molecule has 3 amide bonds. The van der Waals surface area contributed by atoms with Crippen molar-refractivity contribution in [2.24, 2.45) is 11.1 Å². The summed E-state index contributed by atoms with van der Waals surface area (Å²) < 4.78 is 12.9. The molecule has 1 heterocycles. The fourth-order valence-corrected chi connectivity index (χ4v) is 3.32. The third-order valence-corrected chi connectivity index (χ3v) is 5.17. The van der Waals surface area contributed by atoms with Crippen LogP contribution in [0.4, 0.5) is 9.18 Å². The lowest BCUT2D eigenvalue weighted by Crippen LogP contribution is -2.58. The fraction of sp³-hybridized carbons (Fsp3) is 0.600. The van der Waals surface area contributed by atoms with Gasteiger partial charge in [0, 0.05) is 25.7 Å². The molecule has 0 bridgehead atoms. The first kappa shape index (κ1) is 21.2. The maximum atomic E-state index is 12.9. The number of hydrogen-bond acceptors (Lipinski definition) is 3. The average molecular weight is 378 g/mol. The van der Waals surface area contributed by atoms with Crippen LogP contribution in [0.5, 0.6) is 0 Å². The summed E-state index contributed by atoms with van der Waals surface area (Å²) in [5.74, 6) is -0.380. The van der Waals surface area contributed by atoms with Gasteiger partial charge in [0.05, 0.1) is 0 Å². The largest absolute Gasteiger partial charge is 0.340 e. The molecule has 2 rings (SSSR count). The highest BCUT2D eigenvalue weighted by Crippen LogP contribution is 2.28. The van der Waals surface area contributed by atoms with Crippen LogP contribution in [0.25, 0.3) is 0 Å². The van der Waals surface area contributed by atoms with Gasteiger partial charge < -0.3 is 21.3 Å². The Hall–Kier alpha value is -2.15. The van der Waals surface area contributed by atoms with Gasteiger partial charge in [-0.3, -0.25) is 4.79 Å². The van der Waals surface area contributed by atoms with Crippen molar-refractivity contribution in [2.45, 2.75) is 58.7 Å². The Morgan fingerprint density at radius 3 is 2.59 bits per heavy atom. The number of benzene rings is 1. The lowest BCUT2D eigenvalue weighted by atomic mass is 9.79. The SMILES string of the molecule is CCCC(NC(=O)NCc1ccc(F)cc1)C(=O)N1CCC(N)C(C)(C)C1. The molecule has 150 valence electrons. The van der Waals surface area contributed by atoms with Gasteiger partial charge in [0.2, 0.25) is 5.91 Å². The maximum absolute atomic E-state index is 12.9. The van der Waals surface area contributed by atoms with E-state index in [-0.39, 0.29) is 29.7 Å². The average Bonchev–Trinajstić information content (AvgIpc) is 2.62. The van der Waals surface area contributed by atoms with Gasteiger partial charge in [-0.15, -0.1) is 0 Å². The van der Waals surface area contributed by atoms with Crippen molar-refractivity contribution >= 4 is 11.9 Å². The van der Waals surface area contributed by atoms with E-state index in [1.807, 2.05) is 11.8 Å². The highest BCUT2D eigenvalue weighted by molar-refractivity contribution is 5.87.